The third kappa shape index (κ3) is 2.05. The third-order valence-corrected chi connectivity index (χ3v) is 4.18. The second-order valence-electron chi connectivity index (χ2n) is 5.42. The van der Waals surface area contributed by atoms with Crippen molar-refractivity contribution < 1.29 is 0 Å². The highest BCUT2D eigenvalue weighted by Gasteiger charge is 2.15. The van der Waals surface area contributed by atoms with Gasteiger partial charge in [-0.15, -0.1) is 0 Å². The van der Waals surface area contributed by atoms with Gasteiger partial charge in [-0.1, -0.05) is 19.1 Å². The van der Waals surface area contributed by atoms with Crippen LogP contribution in [0.3, 0.4) is 0 Å². The Bertz CT molecular complexity index is 553. The van der Waals surface area contributed by atoms with Gasteiger partial charge >= 0.3 is 0 Å². The molecule has 2 heterocycles. The van der Waals surface area contributed by atoms with Gasteiger partial charge in [0.2, 0.25) is 0 Å². The number of nitrogens with zero attached hydrogens (tertiary/aromatic N) is 1. The zero-order chi connectivity index (χ0) is 12.5. The van der Waals surface area contributed by atoms with Crippen LogP contribution in [0.4, 0.5) is 0 Å². The number of H-pyrrole nitrogens is 1. The molecule has 3 rings (SSSR count). The summed E-state index contributed by atoms with van der Waals surface area (Å²) in [5, 5.41) is 1.44. The van der Waals surface area contributed by atoms with Crippen molar-refractivity contribution in [2.45, 2.75) is 33.1 Å². The van der Waals surface area contributed by atoms with Crippen molar-refractivity contribution in [2.75, 3.05) is 19.6 Å². The van der Waals surface area contributed by atoms with Crippen LogP contribution in [0, 0.1) is 6.92 Å². The topological polar surface area (TPSA) is 19.0 Å². The highest BCUT2D eigenvalue weighted by molar-refractivity contribution is 5.85. The summed E-state index contributed by atoms with van der Waals surface area (Å²) in [6.45, 7) is 8.04. The Hall–Kier alpha value is -1.28. The van der Waals surface area contributed by atoms with Crippen molar-refractivity contribution in [3.05, 3.63) is 35.0 Å². The van der Waals surface area contributed by atoms with E-state index in [-0.39, 0.29) is 0 Å². The molecule has 2 heteroatoms. The summed E-state index contributed by atoms with van der Waals surface area (Å²) in [6, 6.07) is 6.79. The Morgan fingerprint density at radius 1 is 1.22 bits per heavy atom. The van der Waals surface area contributed by atoms with E-state index in [0.717, 1.165) is 0 Å². The molecule has 0 saturated heterocycles. The average molecular weight is 242 g/mol. The quantitative estimate of drug-likeness (QED) is 0.813. The Morgan fingerprint density at radius 2 is 2.11 bits per heavy atom. The lowest BCUT2D eigenvalue weighted by atomic mass is 10.0. The van der Waals surface area contributed by atoms with E-state index in [4.69, 9.17) is 0 Å². The van der Waals surface area contributed by atoms with Crippen LogP contribution in [-0.4, -0.2) is 29.5 Å². The van der Waals surface area contributed by atoms with Gasteiger partial charge in [0.25, 0.3) is 0 Å². The predicted molar refractivity (Wildman–Crippen MR) is 77.2 cm³/mol. The van der Waals surface area contributed by atoms with E-state index in [1.807, 2.05) is 0 Å². The second-order valence-corrected chi connectivity index (χ2v) is 5.42. The van der Waals surface area contributed by atoms with E-state index in [1.165, 1.54) is 61.1 Å². The number of benzene rings is 1. The van der Waals surface area contributed by atoms with Gasteiger partial charge in [0.15, 0.2) is 0 Å². The molecule has 1 aliphatic rings. The van der Waals surface area contributed by atoms with E-state index < -0.39 is 0 Å². The lowest BCUT2D eigenvalue weighted by Crippen LogP contribution is -2.29. The molecule has 1 aromatic heterocycles. The summed E-state index contributed by atoms with van der Waals surface area (Å²) in [4.78, 5) is 6.20. The summed E-state index contributed by atoms with van der Waals surface area (Å²) in [7, 11) is 0. The zero-order valence-electron chi connectivity index (χ0n) is 11.4. The first kappa shape index (κ1) is 11.8. The third-order valence-electron chi connectivity index (χ3n) is 4.18. The molecule has 2 nitrogen and oxygen atoms in total. The van der Waals surface area contributed by atoms with Gasteiger partial charge in [0.05, 0.1) is 0 Å². The molecule has 1 aliphatic heterocycles. The number of aromatic amines is 1. The SMILES string of the molecule is CCN1CCCc2[nH]c3cc(C)ccc3c2CC1. The Labute approximate surface area is 109 Å². The fourth-order valence-corrected chi connectivity index (χ4v) is 3.10. The maximum Gasteiger partial charge on any atom is 0.0461 e. The highest BCUT2D eigenvalue weighted by atomic mass is 15.1. The molecule has 18 heavy (non-hydrogen) atoms. The van der Waals surface area contributed by atoms with Crippen LogP contribution in [0.2, 0.25) is 0 Å². The van der Waals surface area contributed by atoms with Crippen molar-refractivity contribution in [1.82, 2.24) is 9.88 Å². The molecular formula is C16H22N2. The van der Waals surface area contributed by atoms with E-state index >= 15 is 0 Å². The average Bonchev–Trinajstić information content (AvgIpc) is 2.66. The molecule has 0 aliphatic carbocycles. The molecule has 1 N–H and O–H groups in total. The van der Waals surface area contributed by atoms with Gasteiger partial charge in [-0.2, -0.15) is 0 Å². The number of aromatic nitrogens is 1. The smallest absolute Gasteiger partial charge is 0.0461 e. The van der Waals surface area contributed by atoms with Crippen LogP contribution in [0.25, 0.3) is 10.9 Å². The van der Waals surface area contributed by atoms with E-state index in [2.05, 4.69) is 41.9 Å². The first-order valence-electron chi connectivity index (χ1n) is 7.10. The minimum Gasteiger partial charge on any atom is -0.358 e. The normalized spacial score (nSPS) is 17.4. The van der Waals surface area contributed by atoms with Crippen LogP contribution in [0.15, 0.2) is 18.2 Å². The molecule has 0 bridgehead atoms. The molecule has 96 valence electrons. The molecule has 1 aromatic carbocycles. The Kier molecular flexibility index (Phi) is 3.13. The Balaban J connectivity index is 2.02. The van der Waals surface area contributed by atoms with Crippen LogP contribution < -0.4 is 0 Å². The number of nitrogens with one attached hydrogen (secondary N) is 1. The minimum absolute atomic E-state index is 1.18. The van der Waals surface area contributed by atoms with Gasteiger partial charge in [-0.25, -0.2) is 0 Å². The van der Waals surface area contributed by atoms with E-state index in [1.54, 1.807) is 5.56 Å². The molecule has 0 amide bonds. The molecule has 0 atom stereocenters. The second kappa shape index (κ2) is 4.77. The van der Waals surface area contributed by atoms with Crippen molar-refractivity contribution >= 4 is 10.9 Å². The van der Waals surface area contributed by atoms with Gasteiger partial charge in [-0.05, 0) is 56.5 Å². The van der Waals surface area contributed by atoms with E-state index in [0.29, 0.717) is 0 Å². The molecule has 2 aromatic rings. The summed E-state index contributed by atoms with van der Waals surface area (Å²) >= 11 is 0. The maximum atomic E-state index is 3.64. The van der Waals surface area contributed by atoms with Crippen LogP contribution in [0.1, 0.15) is 30.2 Å². The van der Waals surface area contributed by atoms with Crippen LogP contribution >= 0.6 is 0 Å². The predicted octanol–water partition coefficient (Wildman–Crippen LogP) is 3.29. The summed E-state index contributed by atoms with van der Waals surface area (Å²) in [5.74, 6) is 0. The summed E-state index contributed by atoms with van der Waals surface area (Å²) < 4.78 is 0. The van der Waals surface area contributed by atoms with Crippen molar-refractivity contribution in [1.29, 1.82) is 0 Å². The number of hydrogen-bond acceptors (Lipinski definition) is 1. The summed E-state index contributed by atoms with van der Waals surface area (Å²) in [5.41, 5.74) is 5.70. The van der Waals surface area contributed by atoms with Gasteiger partial charge < -0.3 is 9.88 Å². The van der Waals surface area contributed by atoms with Crippen molar-refractivity contribution in [3.63, 3.8) is 0 Å². The van der Waals surface area contributed by atoms with Gasteiger partial charge in [0.1, 0.15) is 0 Å². The monoisotopic (exact) mass is 242 g/mol. The first-order valence-corrected chi connectivity index (χ1v) is 7.10. The van der Waals surface area contributed by atoms with Crippen molar-refractivity contribution in [3.8, 4) is 0 Å². The maximum absolute atomic E-state index is 3.64. The Morgan fingerprint density at radius 3 is 2.94 bits per heavy atom. The number of hydrogen-bond donors (Lipinski definition) is 1. The van der Waals surface area contributed by atoms with E-state index in [9.17, 15) is 0 Å². The fourth-order valence-electron chi connectivity index (χ4n) is 3.10. The van der Waals surface area contributed by atoms with Crippen molar-refractivity contribution in [2.24, 2.45) is 0 Å². The standard InChI is InChI=1S/C16H22N2/c1-3-18-9-4-5-15-14(8-10-18)13-7-6-12(2)11-16(13)17-15/h6-7,11,17H,3-5,8-10H2,1-2H3. The zero-order valence-corrected chi connectivity index (χ0v) is 11.4. The minimum atomic E-state index is 1.18. The summed E-state index contributed by atoms with van der Waals surface area (Å²) in [6.07, 6.45) is 3.65. The lowest BCUT2D eigenvalue weighted by molar-refractivity contribution is 0.283. The first-order chi connectivity index (χ1) is 8.78. The number of aryl methyl sites for hydroxylation is 2. The van der Waals surface area contributed by atoms with Crippen LogP contribution in [0.5, 0.6) is 0 Å². The number of fused-ring (bicyclic) bond motifs is 3. The molecule has 0 unspecified atom stereocenters. The molecule has 0 spiro atoms. The lowest BCUT2D eigenvalue weighted by Gasteiger charge is -2.22. The molecular weight excluding hydrogens is 220 g/mol. The van der Waals surface area contributed by atoms with Crippen LogP contribution in [-0.2, 0) is 12.8 Å². The number of rotatable bonds is 1. The van der Waals surface area contributed by atoms with Gasteiger partial charge in [0, 0.05) is 23.1 Å². The molecule has 0 radical (unpaired) electrons. The number of likely N-dealkylation sites (N-methyl/N-ethyl adjacent to an activating group) is 1. The largest absolute Gasteiger partial charge is 0.358 e. The molecule has 0 fully saturated rings. The highest BCUT2D eigenvalue weighted by Crippen LogP contribution is 2.26. The fraction of sp³-hybridized carbons (Fsp3) is 0.500. The van der Waals surface area contributed by atoms with Gasteiger partial charge in [-0.3, -0.25) is 0 Å². The molecule has 0 saturated carbocycles.